The zero-order valence-corrected chi connectivity index (χ0v) is 13.5. The highest BCUT2D eigenvalue weighted by atomic mass is 16.5. The fourth-order valence-corrected chi connectivity index (χ4v) is 3.13. The summed E-state index contributed by atoms with van der Waals surface area (Å²) in [7, 11) is 1.84. The Hall–Kier alpha value is -1.82. The van der Waals surface area contributed by atoms with Gasteiger partial charge in [0.25, 0.3) is 0 Å². The average Bonchev–Trinajstić information content (AvgIpc) is 3.28. The van der Waals surface area contributed by atoms with E-state index in [0.29, 0.717) is 12.6 Å². The number of guanidine groups is 1. The van der Waals surface area contributed by atoms with Crippen LogP contribution in [0.25, 0.3) is 0 Å². The molecule has 3 rings (SSSR count). The molecule has 3 heterocycles. The van der Waals surface area contributed by atoms with Crippen molar-refractivity contribution in [2.75, 3.05) is 33.2 Å². The zero-order chi connectivity index (χ0) is 15.4. The van der Waals surface area contributed by atoms with Crippen molar-refractivity contribution in [2.45, 2.75) is 32.4 Å². The van der Waals surface area contributed by atoms with Crippen LogP contribution in [0.5, 0.6) is 0 Å². The van der Waals surface area contributed by atoms with Crippen LogP contribution in [-0.2, 0) is 13.0 Å². The Morgan fingerprint density at radius 2 is 2.27 bits per heavy atom. The van der Waals surface area contributed by atoms with Crippen molar-refractivity contribution >= 4 is 5.96 Å². The van der Waals surface area contributed by atoms with Gasteiger partial charge in [-0.3, -0.25) is 9.89 Å². The lowest BCUT2D eigenvalue weighted by atomic mass is 10.2. The highest BCUT2D eigenvalue weighted by Gasteiger charge is 2.29. The van der Waals surface area contributed by atoms with E-state index in [1.807, 2.05) is 13.1 Å². The zero-order valence-electron chi connectivity index (χ0n) is 13.5. The van der Waals surface area contributed by atoms with Gasteiger partial charge in [-0.25, -0.2) is 0 Å². The summed E-state index contributed by atoms with van der Waals surface area (Å²) in [5, 5.41) is 7.40. The maximum Gasteiger partial charge on any atom is 0.194 e. The lowest BCUT2D eigenvalue weighted by Crippen LogP contribution is -2.42. The lowest BCUT2D eigenvalue weighted by Gasteiger charge is -2.25. The van der Waals surface area contributed by atoms with E-state index in [2.05, 4.69) is 44.3 Å². The monoisotopic (exact) mass is 303 g/mol. The molecule has 120 valence electrons. The number of likely N-dealkylation sites (tertiary alicyclic amines) is 1. The first-order chi connectivity index (χ1) is 10.8. The van der Waals surface area contributed by atoms with Crippen LogP contribution in [-0.4, -0.2) is 60.2 Å². The highest BCUT2D eigenvalue weighted by Crippen LogP contribution is 2.18. The molecule has 0 spiro atoms. The fraction of sp³-hybridized carbons (Fsp3) is 0.625. The first-order valence-electron chi connectivity index (χ1n) is 8.09. The summed E-state index contributed by atoms with van der Waals surface area (Å²) in [4.78, 5) is 9.27. The molecule has 0 radical (unpaired) electrons. The van der Waals surface area contributed by atoms with Crippen molar-refractivity contribution < 1.29 is 4.52 Å². The van der Waals surface area contributed by atoms with Crippen LogP contribution in [0.1, 0.15) is 24.8 Å². The van der Waals surface area contributed by atoms with E-state index in [9.17, 15) is 0 Å². The maximum atomic E-state index is 5.31. The van der Waals surface area contributed by atoms with Gasteiger partial charge in [0.1, 0.15) is 0 Å². The molecular formula is C16H25N5O. The molecule has 1 unspecified atom stereocenters. The third-order valence-corrected chi connectivity index (χ3v) is 4.43. The molecule has 6 heteroatoms. The van der Waals surface area contributed by atoms with Gasteiger partial charge in [-0.05, 0) is 12.8 Å². The number of hydrogen-bond donors (Lipinski definition) is 1. The Balaban J connectivity index is 1.51. The van der Waals surface area contributed by atoms with Crippen molar-refractivity contribution in [3.63, 3.8) is 0 Å². The van der Waals surface area contributed by atoms with E-state index in [1.165, 1.54) is 6.42 Å². The molecule has 1 atom stereocenters. The summed E-state index contributed by atoms with van der Waals surface area (Å²) in [5.74, 6) is 1.81. The Morgan fingerprint density at radius 1 is 1.45 bits per heavy atom. The third kappa shape index (κ3) is 3.32. The average molecular weight is 303 g/mol. The molecule has 2 aliphatic rings. The Labute approximate surface area is 131 Å². The second-order valence-electron chi connectivity index (χ2n) is 5.85. The van der Waals surface area contributed by atoms with Gasteiger partial charge in [0.15, 0.2) is 11.7 Å². The summed E-state index contributed by atoms with van der Waals surface area (Å²) < 4.78 is 5.31. The molecule has 1 fully saturated rings. The maximum absolute atomic E-state index is 5.31. The summed E-state index contributed by atoms with van der Waals surface area (Å²) in [6.45, 7) is 6.97. The Bertz CT molecular complexity index is 542. The fourth-order valence-electron chi connectivity index (χ4n) is 3.13. The van der Waals surface area contributed by atoms with Crippen LogP contribution in [0, 0.1) is 0 Å². The Morgan fingerprint density at radius 3 is 2.95 bits per heavy atom. The van der Waals surface area contributed by atoms with Crippen molar-refractivity contribution in [3.8, 4) is 0 Å². The van der Waals surface area contributed by atoms with Crippen molar-refractivity contribution in [1.29, 1.82) is 0 Å². The second kappa shape index (κ2) is 6.96. The van der Waals surface area contributed by atoms with Crippen molar-refractivity contribution in [3.05, 3.63) is 29.7 Å². The summed E-state index contributed by atoms with van der Waals surface area (Å²) >= 11 is 0. The van der Waals surface area contributed by atoms with Crippen LogP contribution in [0.4, 0.5) is 0 Å². The van der Waals surface area contributed by atoms with Crippen LogP contribution in [0.3, 0.4) is 0 Å². The molecule has 0 bridgehead atoms. The SMILES string of the molecule is CCc1cc(CNC(=NC)N2CCC(N3CC=CC3)C2)on1. The van der Waals surface area contributed by atoms with Crippen LogP contribution < -0.4 is 5.32 Å². The number of rotatable bonds is 4. The van der Waals surface area contributed by atoms with Gasteiger partial charge in [0, 0.05) is 45.3 Å². The van der Waals surface area contributed by atoms with E-state index in [4.69, 9.17) is 4.52 Å². The molecule has 2 aliphatic heterocycles. The normalized spacial score (nSPS) is 22.7. The predicted octanol–water partition coefficient (Wildman–Crippen LogP) is 1.26. The number of nitrogens with one attached hydrogen (secondary N) is 1. The molecule has 6 nitrogen and oxygen atoms in total. The molecule has 0 amide bonds. The lowest BCUT2D eigenvalue weighted by molar-refractivity contribution is 0.259. The summed E-state index contributed by atoms with van der Waals surface area (Å²) in [5.41, 5.74) is 0.995. The van der Waals surface area contributed by atoms with Crippen LogP contribution in [0.2, 0.25) is 0 Å². The number of aliphatic imine (C=N–C) groups is 1. The number of aromatic nitrogens is 1. The van der Waals surface area contributed by atoms with Gasteiger partial charge in [0.2, 0.25) is 0 Å². The molecule has 22 heavy (non-hydrogen) atoms. The topological polar surface area (TPSA) is 56.9 Å². The van der Waals surface area contributed by atoms with Crippen LogP contribution >= 0.6 is 0 Å². The van der Waals surface area contributed by atoms with Gasteiger partial charge < -0.3 is 14.7 Å². The number of aryl methyl sites for hydroxylation is 1. The van der Waals surface area contributed by atoms with E-state index in [1.54, 1.807) is 0 Å². The molecule has 0 aliphatic carbocycles. The largest absolute Gasteiger partial charge is 0.359 e. The van der Waals surface area contributed by atoms with E-state index in [-0.39, 0.29) is 0 Å². The minimum absolute atomic E-state index is 0.630. The smallest absolute Gasteiger partial charge is 0.194 e. The molecule has 0 saturated carbocycles. The molecule has 1 N–H and O–H groups in total. The molecule has 1 saturated heterocycles. The van der Waals surface area contributed by atoms with Gasteiger partial charge in [-0.2, -0.15) is 0 Å². The third-order valence-electron chi connectivity index (χ3n) is 4.43. The quantitative estimate of drug-likeness (QED) is 0.515. The molecule has 1 aromatic heterocycles. The first-order valence-corrected chi connectivity index (χ1v) is 8.09. The van der Waals surface area contributed by atoms with Crippen molar-refractivity contribution in [2.24, 2.45) is 4.99 Å². The van der Waals surface area contributed by atoms with E-state index in [0.717, 1.165) is 50.0 Å². The standard InChI is InChI=1S/C16H25N5O/c1-3-13-10-15(22-19-13)11-18-16(17-2)21-9-6-14(12-21)20-7-4-5-8-20/h4-5,10,14H,3,6-9,11-12H2,1-2H3,(H,17,18). The van der Waals surface area contributed by atoms with Gasteiger partial charge >= 0.3 is 0 Å². The van der Waals surface area contributed by atoms with Gasteiger partial charge in [0.05, 0.1) is 12.2 Å². The Kier molecular flexibility index (Phi) is 4.77. The molecular weight excluding hydrogens is 278 g/mol. The minimum Gasteiger partial charge on any atom is -0.359 e. The molecule has 1 aromatic rings. The highest BCUT2D eigenvalue weighted by molar-refractivity contribution is 5.80. The predicted molar refractivity (Wildman–Crippen MR) is 86.8 cm³/mol. The summed E-state index contributed by atoms with van der Waals surface area (Å²) in [6.07, 6.45) is 6.61. The summed E-state index contributed by atoms with van der Waals surface area (Å²) in [6, 6.07) is 2.63. The van der Waals surface area contributed by atoms with E-state index < -0.39 is 0 Å². The van der Waals surface area contributed by atoms with Crippen LogP contribution in [0.15, 0.2) is 27.7 Å². The minimum atomic E-state index is 0.630. The molecule has 0 aromatic carbocycles. The number of nitrogens with zero attached hydrogens (tertiary/aromatic N) is 4. The van der Waals surface area contributed by atoms with Gasteiger partial charge in [-0.1, -0.05) is 24.2 Å². The first kappa shape index (κ1) is 15.1. The van der Waals surface area contributed by atoms with E-state index >= 15 is 0 Å². The van der Waals surface area contributed by atoms with Gasteiger partial charge in [-0.15, -0.1) is 0 Å². The second-order valence-corrected chi connectivity index (χ2v) is 5.85. The van der Waals surface area contributed by atoms with Crippen molar-refractivity contribution in [1.82, 2.24) is 20.3 Å². The number of hydrogen-bond acceptors (Lipinski definition) is 4.